The maximum Gasteiger partial charge on any atom is 0.194 e. The third-order valence-corrected chi connectivity index (χ3v) is 8.04. The first kappa shape index (κ1) is 20.3. The third kappa shape index (κ3) is 2.96. The smallest absolute Gasteiger partial charge is 0.194 e. The molecule has 1 aliphatic rings. The van der Waals surface area contributed by atoms with Gasteiger partial charge in [-0.1, -0.05) is 42.5 Å². The predicted molar refractivity (Wildman–Crippen MR) is 136 cm³/mol. The molecule has 6 rings (SSSR count). The molecule has 1 aliphatic carbocycles. The van der Waals surface area contributed by atoms with E-state index in [9.17, 15) is 15.3 Å². The Morgan fingerprint density at radius 1 is 1.00 bits per heavy atom. The fourth-order valence-corrected chi connectivity index (χ4v) is 6.46. The van der Waals surface area contributed by atoms with E-state index in [2.05, 4.69) is 22.8 Å². The maximum atomic E-state index is 13.2. The Labute approximate surface area is 202 Å². The van der Waals surface area contributed by atoms with Crippen LogP contribution in [0.4, 0.5) is 0 Å². The normalized spacial score (nSPS) is 14.0. The maximum absolute atomic E-state index is 13.2. The summed E-state index contributed by atoms with van der Waals surface area (Å²) in [7, 11) is 1.99. The van der Waals surface area contributed by atoms with Crippen molar-refractivity contribution in [2.75, 3.05) is 0 Å². The van der Waals surface area contributed by atoms with Gasteiger partial charge in [-0.3, -0.25) is 4.79 Å². The van der Waals surface area contributed by atoms with Crippen molar-refractivity contribution >= 4 is 60.5 Å². The number of rotatable bonds is 2. The van der Waals surface area contributed by atoms with E-state index >= 15 is 0 Å². The molecule has 0 N–H and O–H groups in total. The number of nitriles is 2. The van der Waals surface area contributed by atoms with Crippen LogP contribution in [0.15, 0.2) is 71.8 Å². The Hall–Kier alpha value is -4.30. The highest BCUT2D eigenvalue weighted by Crippen LogP contribution is 2.41. The van der Waals surface area contributed by atoms with E-state index in [0.717, 1.165) is 25.9 Å². The summed E-state index contributed by atoms with van der Waals surface area (Å²) in [5.41, 5.74) is 2.83. The fourth-order valence-electron chi connectivity index (χ4n) is 4.37. The quantitative estimate of drug-likeness (QED) is 0.213. The Morgan fingerprint density at radius 3 is 2.47 bits per heavy atom. The minimum Gasteiger partial charge on any atom is -0.326 e. The first-order chi connectivity index (χ1) is 16.6. The van der Waals surface area contributed by atoms with Gasteiger partial charge in [-0.05, 0) is 35.2 Å². The lowest BCUT2D eigenvalue weighted by Crippen LogP contribution is -1.95. The molecule has 160 valence electrons. The van der Waals surface area contributed by atoms with E-state index in [0.29, 0.717) is 22.3 Å². The van der Waals surface area contributed by atoms with Crippen molar-refractivity contribution in [2.24, 2.45) is 7.05 Å². The van der Waals surface area contributed by atoms with E-state index in [-0.39, 0.29) is 11.4 Å². The second kappa shape index (κ2) is 7.64. The molecule has 2 aromatic carbocycles. The van der Waals surface area contributed by atoms with Crippen LogP contribution in [0.5, 0.6) is 0 Å². The SMILES string of the molecule is Cn1c(-c2cc3ccccc3s2)nc2sc(/C=C3\C(=O)c4ccccc4C3=C(C#N)C#N)cc21. The zero-order chi connectivity index (χ0) is 23.4. The van der Waals surface area contributed by atoms with Crippen molar-refractivity contribution in [3.8, 4) is 22.8 Å². The number of carbonyl (C=O) groups excluding carboxylic acids is 1. The number of carbonyl (C=O) groups is 1. The monoisotopic (exact) mass is 474 g/mol. The number of nitrogens with zero attached hydrogens (tertiary/aromatic N) is 4. The van der Waals surface area contributed by atoms with Crippen molar-refractivity contribution in [1.82, 2.24) is 9.55 Å². The largest absolute Gasteiger partial charge is 0.326 e. The molecule has 0 bridgehead atoms. The number of fused-ring (bicyclic) bond motifs is 3. The van der Waals surface area contributed by atoms with Crippen LogP contribution >= 0.6 is 22.7 Å². The molecule has 3 heterocycles. The summed E-state index contributed by atoms with van der Waals surface area (Å²) in [6, 6.07) is 23.4. The van der Waals surface area contributed by atoms with Crippen LogP contribution in [-0.4, -0.2) is 15.3 Å². The summed E-state index contributed by atoms with van der Waals surface area (Å²) in [5, 5.41) is 20.2. The molecule has 0 amide bonds. The molecule has 5 nitrogen and oxygen atoms in total. The molecule has 0 saturated carbocycles. The Kier molecular flexibility index (Phi) is 4.56. The number of imidazole rings is 1. The van der Waals surface area contributed by atoms with E-state index in [1.165, 1.54) is 21.4 Å². The van der Waals surface area contributed by atoms with E-state index in [4.69, 9.17) is 4.98 Å². The molecule has 0 aliphatic heterocycles. The second-order valence-corrected chi connectivity index (χ2v) is 10.0. The van der Waals surface area contributed by atoms with E-state index < -0.39 is 0 Å². The summed E-state index contributed by atoms with van der Waals surface area (Å²) < 4.78 is 3.29. The molecule has 0 atom stereocenters. The van der Waals surface area contributed by atoms with Gasteiger partial charge in [0, 0.05) is 33.3 Å². The van der Waals surface area contributed by atoms with Gasteiger partial charge >= 0.3 is 0 Å². The van der Waals surface area contributed by atoms with Crippen molar-refractivity contribution in [1.29, 1.82) is 10.5 Å². The van der Waals surface area contributed by atoms with Gasteiger partial charge in [0.1, 0.15) is 22.5 Å². The van der Waals surface area contributed by atoms with Crippen LogP contribution in [0.25, 0.3) is 42.8 Å². The number of aryl methyl sites for hydroxylation is 1. The molecule has 34 heavy (non-hydrogen) atoms. The minimum absolute atomic E-state index is 0.0594. The molecule has 5 aromatic rings. The van der Waals surface area contributed by atoms with Crippen LogP contribution in [0.1, 0.15) is 20.8 Å². The van der Waals surface area contributed by atoms with E-state index in [1.54, 1.807) is 41.7 Å². The Morgan fingerprint density at radius 2 is 1.74 bits per heavy atom. The van der Waals surface area contributed by atoms with Crippen molar-refractivity contribution in [3.05, 3.63) is 87.8 Å². The third-order valence-electron chi connectivity index (χ3n) is 5.96. The lowest BCUT2D eigenvalue weighted by Gasteiger charge is -2.01. The summed E-state index contributed by atoms with van der Waals surface area (Å²) in [6.07, 6.45) is 1.78. The van der Waals surface area contributed by atoms with Crippen LogP contribution in [0, 0.1) is 22.7 Å². The lowest BCUT2D eigenvalue weighted by atomic mass is 9.99. The molecule has 3 aromatic heterocycles. The zero-order valence-electron chi connectivity index (χ0n) is 17.9. The summed E-state index contributed by atoms with van der Waals surface area (Å²) in [4.78, 5) is 20.9. The molecule has 7 heteroatoms. The van der Waals surface area contributed by atoms with Gasteiger partial charge in [-0.15, -0.1) is 22.7 Å². The van der Waals surface area contributed by atoms with Crippen molar-refractivity contribution in [2.45, 2.75) is 0 Å². The Balaban J connectivity index is 1.47. The standard InChI is InChI=1S/C27H14N4OS2/c1-31-21-12-17(33-27(21)30-26(31)23-10-15-6-2-5-9-22(15)34-23)11-20-24(16(13-28)14-29)18-7-3-4-8-19(18)25(20)32/h2-12H,1H3/b20-11-. The molecule has 0 unspecified atom stereocenters. The highest BCUT2D eigenvalue weighted by molar-refractivity contribution is 7.22. The molecule has 0 fully saturated rings. The second-order valence-electron chi connectivity index (χ2n) is 7.89. The average molecular weight is 475 g/mol. The molecule has 0 radical (unpaired) electrons. The highest BCUT2D eigenvalue weighted by Gasteiger charge is 2.32. The van der Waals surface area contributed by atoms with Crippen LogP contribution in [-0.2, 0) is 7.05 Å². The number of ketones is 1. The Bertz CT molecular complexity index is 1770. The minimum atomic E-state index is -0.176. The van der Waals surface area contributed by atoms with Crippen molar-refractivity contribution in [3.63, 3.8) is 0 Å². The fraction of sp³-hybridized carbons (Fsp3) is 0.0370. The first-order valence-corrected chi connectivity index (χ1v) is 12.1. The zero-order valence-corrected chi connectivity index (χ0v) is 19.5. The number of aromatic nitrogens is 2. The van der Waals surface area contributed by atoms with Crippen molar-refractivity contribution < 1.29 is 4.79 Å². The van der Waals surface area contributed by atoms with E-state index in [1.807, 2.05) is 37.4 Å². The summed E-state index contributed by atoms with van der Waals surface area (Å²) in [5.74, 6) is 0.729. The van der Waals surface area contributed by atoms with Gasteiger partial charge in [0.15, 0.2) is 11.6 Å². The first-order valence-electron chi connectivity index (χ1n) is 10.4. The number of allylic oxidation sites excluding steroid dienone is 3. The molecule has 0 saturated heterocycles. The summed E-state index contributed by atoms with van der Waals surface area (Å²) >= 11 is 3.20. The number of Topliss-reactive ketones (excluding diaryl/α,β-unsaturated/α-hetero) is 1. The van der Waals surface area contributed by atoms with Gasteiger partial charge in [-0.25, -0.2) is 4.98 Å². The highest BCUT2D eigenvalue weighted by atomic mass is 32.1. The lowest BCUT2D eigenvalue weighted by molar-refractivity contribution is 0.104. The summed E-state index contributed by atoms with van der Waals surface area (Å²) in [6.45, 7) is 0. The average Bonchev–Trinajstić information content (AvgIpc) is 3.59. The van der Waals surface area contributed by atoms with Crippen LogP contribution in [0.3, 0.4) is 0 Å². The number of thiophene rings is 2. The van der Waals surface area contributed by atoms with Gasteiger partial charge in [-0.2, -0.15) is 10.5 Å². The van der Waals surface area contributed by atoms with Gasteiger partial charge in [0.25, 0.3) is 0 Å². The van der Waals surface area contributed by atoms with Gasteiger partial charge < -0.3 is 4.57 Å². The number of benzene rings is 2. The van der Waals surface area contributed by atoms with Gasteiger partial charge in [0.2, 0.25) is 0 Å². The van der Waals surface area contributed by atoms with Gasteiger partial charge in [0.05, 0.1) is 10.4 Å². The molecular weight excluding hydrogens is 460 g/mol. The van der Waals surface area contributed by atoms with Crippen LogP contribution in [0.2, 0.25) is 0 Å². The number of hydrogen-bond acceptors (Lipinski definition) is 6. The topological polar surface area (TPSA) is 82.5 Å². The molecule has 0 spiro atoms. The number of hydrogen-bond donors (Lipinski definition) is 0. The van der Waals surface area contributed by atoms with Crippen LogP contribution < -0.4 is 0 Å². The predicted octanol–water partition coefficient (Wildman–Crippen LogP) is 6.60. The molecular formula is C27H14N4OS2.